The molecule has 1 rings (SSSR count). The molecule has 1 aliphatic heterocycles. The lowest BCUT2D eigenvalue weighted by atomic mass is 9.99. The van der Waals surface area contributed by atoms with Crippen molar-refractivity contribution in [2.24, 2.45) is 11.8 Å². The van der Waals surface area contributed by atoms with E-state index in [0.717, 1.165) is 42.9 Å². The Morgan fingerprint density at radius 3 is 2.59 bits per heavy atom. The van der Waals surface area contributed by atoms with Gasteiger partial charge in [-0.2, -0.15) is 11.8 Å². The third-order valence-electron chi connectivity index (χ3n) is 3.35. The Labute approximate surface area is 139 Å². The lowest BCUT2D eigenvalue weighted by Crippen LogP contribution is -2.36. The average Bonchev–Trinajstić information content (AvgIpc) is 2.38. The Kier molecular flexibility index (Phi) is 8.08. The molecule has 1 atom stereocenters. The van der Waals surface area contributed by atoms with Gasteiger partial charge in [0.2, 0.25) is 5.79 Å². The van der Waals surface area contributed by atoms with Crippen LogP contribution in [0, 0.1) is 11.8 Å². The molecule has 0 saturated carbocycles. The number of thioether (sulfide) groups is 1. The smallest absolute Gasteiger partial charge is 0.337 e. The van der Waals surface area contributed by atoms with Crippen molar-refractivity contribution < 1.29 is 14.3 Å². The summed E-state index contributed by atoms with van der Waals surface area (Å²) in [6.45, 7) is 11.8. The normalized spacial score (nSPS) is 18.4. The first-order valence-corrected chi connectivity index (χ1v) is 9.31. The fourth-order valence-electron chi connectivity index (χ4n) is 2.36. The van der Waals surface area contributed by atoms with Gasteiger partial charge in [-0.25, -0.2) is 4.79 Å². The summed E-state index contributed by atoms with van der Waals surface area (Å²) in [5, 5.41) is 0. The number of allylic oxidation sites excluding steroid dienone is 2. The summed E-state index contributed by atoms with van der Waals surface area (Å²) >= 11 is 1.94. The first-order valence-electron chi connectivity index (χ1n) is 8.16. The molecule has 0 spiro atoms. The summed E-state index contributed by atoms with van der Waals surface area (Å²) in [4.78, 5) is 11.8. The molecule has 0 aromatic heterocycles. The van der Waals surface area contributed by atoms with Crippen molar-refractivity contribution in [1.82, 2.24) is 0 Å². The van der Waals surface area contributed by atoms with Crippen molar-refractivity contribution in [3.05, 3.63) is 24.5 Å². The van der Waals surface area contributed by atoms with Crippen LogP contribution in [0.15, 0.2) is 24.5 Å². The second-order valence-electron chi connectivity index (χ2n) is 6.67. The van der Waals surface area contributed by atoms with Crippen LogP contribution in [-0.2, 0) is 14.3 Å². The maximum Gasteiger partial charge on any atom is 0.337 e. The summed E-state index contributed by atoms with van der Waals surface area (Å²) in [6, 6.07) is 0. The number of cyclic esters (lactones) is 1. The van der Waals surface area contributed by atoms with E-state index < -0.39 is 5.79 Å². The Morgan fingerprint density at radius 2 is 2.00 bits per heavy atom. The molecule has 126 valence electrons. The van der Waals surface area contributed by atoms with Gasteiger partial charge < -0.3 is 9.47 Å². The number of rotatable bonds is 10. The number of ether oxygens (including phenoxy) is 2. The SMILES string of the molecule is C=CCCCCC(CSCC(C)C)C1=CC(=O)OC(C)(C)O1. The van der Waals surface area contributed by atoms with Crippen LogP contribution in [0.4, 0.5) is 0 Å². The highest BCUT2D eigenvalue weighted by atomic mass is 32.2. The van der Waals surface area contributed by atoms with Crippen molar-refractivity contribution in [3.8, 4) is 0 Å². The largest absolute Gasteiger partial charge is 0.457 e. The number of hydrogen-bond donors (Lipinski definition) is 0. The molecule has 3 nitrogen and oxygen atoms in total. The van der Waals surface area contributed by atoms with Crippen LogP contribution in [0.1, 0.15) is 53.4 Å². The molecule has 22 heavy (non-hydrogen) atoms. The average molecular weight is 327 g/mol. The summed E-state index contributed by atoms with van der Waals surface area (Å²) < 4.78 is 11.1. The van der Waals surface area contributed by atoms with Gasteiger partial charge in [0, 0.05) is 25.5 Å². The van der Waals surface area contributed by atoms with Gasteiger partial charge in [-0.15, -0.1) is 6.58 Å². The van der Waals surface area contributed by atoms with Gasteiger partial charge in [-0.3, -0.25) is 0 Å². The lowest BCUT2D eigenvalue weighted by Gasteiger charge is -2.34. The van der Waals surface area contributed by atoms with E-state index in [9.17, 15) is 4.79 Å². The van der Waals surface area contributed by atoms with E-state index >= 15 is 0 Å². The van der Waals surface area contributed by atoms with Crippen LogP contribution in [0.3, 0.4) is 0 Å². The third kappa shape index (κ3) is 7.39. The van der Waals surface area contributed by atoms with Crippen LogP contribution in [0.2, 0.25) is 0 Å². The van der Waals surface area contributed by atoms with Crippen molar-refractivity contribution in [3.63, 3.8) is 0 Å². The van der Waals surface area contributed by atoms with Crippen molar-refractivity contribution in [2.75, 3.05) is 11.5 Å². The standard InChI is InChI=1S/C18H30O3S/c1-6-7-8-9-10-15(13-22-12-14(2)3)16-11-17(19)21-18(4,5)20-16/h6,11,14-15H,1,7-10,12-13H2,2-5H3. The number of carbonyl (C=O) groups excluding carboxylic acids is 1. The molecular formula is C18H30O3S. The summed E-state index contributed by atoms with van der Waals surface area (Å²) in [6.07, 6.45) is 7.82. The Morgan fingerprint density at radius 1 is 1.27 bits per heavy atom. The minimum atomic E-state index is -0.858. The maximum atomic E-state index is 11.8. The van der Waals surface area contributed by atoms with Crippen molar-refractivity contribution in [2.45, 2.75) is 59.2 Å². The molecule has 0 amide bonds. The molecule has 0 saturated heterocycles. The Bertz CT molecular complexity index is 399. The van der Waals surface area contributed by atoms with Crippen LogP contribution in [0.25, 0.3) is 0 Å². The van der Waals surface area contributed by atoms with E-state index in [4.69, 9.17) is 9.47 Å². The zero-order valence-electron chi connectivity index (χ0n) is 14.4. The lowest BCUT2D eigenvalue weighted by molar-refractivity contribution is -0.208. The van der Waals surface area contributed by atoms with Gasteiger partial charge in [0.1, 0.15) is 5.76 Å². The molecule has 0 bridgehead atoms. The molecule has 0 aromatic carbocycles. The van der Waals surface area contributed by atoms with Gasteiger partial charge in [0.15, 0.2) is 0 Å². The fourth-order valence-corrected chi connectivity index (χ4v) is 3.58. The molecule has 0 N–H and O–H groups in total. The van der Waals surface area contributed by atoms with Crippen molar-refractivity contribution >= 4 is 17.7 Å². The minimum Gasteiger partial charge on any atom is -0.457 e. The van der Waals surface area contributed by atoms with Gasteiger partial charge >= 0.3 is 5.97 Å². The van der Waals surface area contributed by atoms with Gasteiger partial charge in [-0.1, -0.05) is 26.3 Å². The highest BCUT2D eigenvalue weighted by molar-refractivity contribution is 7.99. The molecule has 0 aliphatic carbocycles. The van der Waals surface area contributed by atoms with Crippen LogP contribution >= 0.6 is 11.8 Å². The fraction of sp³-hybridized carbons (Fsp3) is 0.722. The molecular weight excluding hydrogens is 296 g/mol. The maximum absolute atomic E-state index is 11.8. The first kappa shape index (κ1) is 19.1. The van der Waals surface area contributed by atoms with Crippen molar-refractivity contribution in [1.29, 1.82) is 0 Å². The molecule has 1 aliphatic rings. The predicted molar refractivity (Wildman–Crippen MR) is 93.7 cm³/mol. The highest BCUT2D eigenvalue weighted by Crippen LogP contribution is 2.32. The van der Waals surface area contributed by atoms with Crippen LogP contribution in [-0.4, -0.2) is 23.3 Å². The van der Waals surface area contributed by atoms with Crippen LogP contribution in [0.5, 0.6) is 0 Å². The van der Waals surface area contributed by atoms with E-state index in [1.807, 2.05) is 17.8 Å². The number of hydrogen-bond acceptors (Lipinski definition) is 4. The van der Waals surface area contributed by atoms with Gasteiger partial charge in [0.25, 0.3) is 0 Å². The predicted octanol–water partition coefficient (Wildman–Crippen LogP) is 4.93. The second kappa shape index (κ2) is 9.29. The first-order chi connectivity index (χ1) is 10.3. The topological polar surface area (TPSA) is 35.5 Å². The van der Waals surface area contributed by atoms with Crippen LogP contribution < -0.4 is 0 Å². The molecule has 0 aromatic rings. The number of carbonyl (C=O) groups is 1. The zero-order chi connectivity index (χ0) is 16.6. The highest BCUT2D eigenvalue weighted by Gasteiger charge is 2.33. The number of unbranched alkanes of at least 4 members (excludes halogenated alkanes) is 2. The van der Waals surface area contributed by atoms with E-state index in [0.29, 0.717) is 5.92 Å². The quantitative estimate of drug-likeness (QED) is 0.324. The molecule has 4 heteroatoms. The van der Waals surface area contributed by atoms with E-state index in [2.05, 4.69) is 20.4 Å². The summed E-state index contributed by atoms with van der Waals surface area (Å²) in [5.41, 5.74) is 0. The number of esters is 1. The molecule has 1 heterocycles. The summed E-state index contributed by atoms with van der Waals surface area (Å²) in [7, 11) is 0. The minimum absolute atomic E-state index is 0.278. The monoisotopic (exact) mass is 326 g/mol. The molecule has 0 radical (unpaired) electrons. The Hall–Kier alpha value is -0.900. The van der Waals surface area contributed by atoms with Gasteiger partial charge in [0.05, 0.1) is 6.08 Å². The van der Waals surface area contributed by atoms with Gasteiger partial charge in [-0.05, 0) is 30.9 Å². The third-order valence-corrected chi connectivity index (χ3v) is 4.89. The molecule has 0 fully saturated rings. The summed E-state index contributed by atoms with van der Waals surface area (Å²) in [5.74, 6) is 2.71. The zero-order valence-corrected chi connectivity index (χ0v) is 15.2. The van der Waals surface area contributed by atoms with E-state index in [1.54, 1.807) is 13.8 Å². The molecule has 1 unspecified atom stereocenters. The second-order valence-corrected chi connectivity index (χ2v) is 7.75. The Balaban J connectivity index is 2.66. The van der Waals surface area contributed by atoms with E-state index in [1.165, 1.54) is 6.08 Å². The van der Waals surface area contributed by atoms with E-state index in [-0.39, 0.29) is 11.9 Å².